The third-order valence-electron chi connectivity index (χ3n) is 3.82. The molecule has 0 bridgehead atoms. The van der Waals surface area contributed by atoms with Crippen LogP contribution >= 0.6 is 0 Å². The Morgan fingerprint density at radius 1 is 1.18 bits per heavy atom. The van der Waals surface area contributed by atoms with Gasteiger partial charge in [0, 0.05) is 17.7 Å². The molecule has 0 aromatic heterocycles. The van der Waals surface area contributed by atoms with Gasteiger partial charge in [0.2, 0.25) is 10.0 Å². The van der Waals surface area contributed by atoms with Crippen molar-refractivity contribution in [3.8, 4) is 11.5 Å². The molecule has 0 saturated carbocycles. The van der Waals surface area contributed by atoms with Crippen molar-refractivity contribution >= 4 is 10.0 Å². The summed E-state index contributed by atoms with van der Waals surface area (Å²) in [6, 6.07) is 2.15. The molecule has 2 N–H and O–H groups in total. The number of halogens is 1. The minimum absolute atomic E-state index is 0.145. The first-order chi connectivity index (χ1) is 10.3. The van der Waals surface area contributed by atoms with Crippen molar-refractivity contribution in [1.29, 1.82) is 0 Å². The molecule has 1 aromatic carbocycles. The van der Waals surface area contributed by atoms with Crippen molar-refractivity contribution in [2.75, 3.05) is 27.3 Å². The summed E-state index contributed by atoms with van der Waals surface area (Å²) in [5.41, 5.74) is -0.594. The zero-order chi connectivity index (χ0) is 16.4. The Hall–Kier alpha value is -1.38. The van der Waals surface area contributed by atoms with Crippen molar-refractivity contribution in [1.82, 2.24) is 10.0 Å². The average Bonchev–Trinajstić information content (AvgIpc) is 2.46. The lowest BCUT2D eigenvalue weighted by Gasteiger charge is -2.34. The SMILES string of the molecule is COc1cc(F)c(S(=O)(=O)NC2(C)CCNCC2)cc1OC. The third-order valence-corrected chi connectivity index (χ3v) is 5.47. The van der Waals surface area contributed by atoms with Gasteiger partial charge >= 0.3 is 0 Å². The normalized spacial score (nSPS) is 18.0. The molecule has 22 heavy (non-hydrogen) atoms. The molecule has 1 aliphatic heterocycles. The van der Waals surface area contributed by atoms with E-state index < -0.39 is 26.3 Å². The lowest BCUT2D eigenvalue weighted by molar-refractivity contribution is 0.307. The van der Waals surface area contributed by atoms with E-state index in [4.69, 9.17) is 9.47 Å². The Morgan fingerprint density at radius 3 is 2.27 bits per heavy atom. The Bertz CT molecular complexity index is 642. The summed E-state index contributed by atoms with van der Waals surface area (Å²) in [6.07, 6.45) is 1.28. The molecule has 6 nitrogen and oxygen atoms in total. The second kappa shape index (κ2) is 6.39. The van der Waals surface area contributed by atoms with Crippen LogP contribution in [0.2, 0.25) is 0 Å². The fraction of sp³-hybridized carbons (Fsp3) is 0.571. The van der Waals surface area contributed by atoms with E-state index in [-0.39, 0.29) is 11.5 Å². The first-order valence-electron chi connectivity index (χ1n) is 6.97. The molecule has 1 aliphatic rings. The third kappa shape index (κ3) is 3.50. The van der Waals surface area contributed by atoms with E-state index in [2.05, 4.69) is 10.0 Å². The number of nitrogens with one attached hydrogen (secondary N) is 2. The standard InChI is InChI=1S/C14H21FN2O4S/c1-14(4-6-16-7-5-14)17-22(18,19)13-9-12(21-3)11(20-2)8-10(13)15/h8-9,16-17H,4-7H2,1-3H3. The summed E-state index contributed by atoms with van der Waals surface area (Å²) < 4.78 is 51.8. The number of benzene rings is 1. The largest absolute Gasteiger partial charge is 0.493 e. The number of piperidine rings is 1. The van der Waals surface area contributed by atoms with Crippen molar-refractivity contribution in [2.45, 2.75) is 30.2 Å². The van der Waals surface area contributed by atoms with E-state index in [1.807, 2.05) is 6.92 Å². The van der Waals surface area contributed by atoms with E-state index in [0.717, 1.165) is 12.1 Å². The number of rotatable bonds is 5. The molecule has 124 valence electrons. The number of hydrogen-bond donors (Lipinski definition) is 2. The lowest BCUT2D eigenvalue weighted by atomic mass is 9.92. The Labute approximate surface area is 130 Å². The molecule has 8 heteroatoms. The first-order valence-corrected chi connectivity index (χ1v) is 8.46. The maximum absolute atomic E-state index is 14.2. The number of ether oxygens (including phenoxy) is 2. The minimum Gasteiger partial charge on any atom is -0.493 e. The molecule has 0 spiro atoms. The molecular formula is C14H21FN2O4S. The van der Waals surface area contributed by atoms with Gasteiger partial charge in [-0.05, 0) is 32.9 Å². The van der Waals surface area contributed by atoms with Crippen LogP contribution in [0.4, 0.5) is 4.39 Å². The molecule has 1 fully saturated rings. The molecule has 0 radical (unpaired) electrons. The van der Waals surface area contributed by atoms with Gasteiger partial charge in [-0.25, -0.2) is 17.5 Å². The van der Waals surface area contributed by atoms with Crippen LogP contribution < -0.4 is 19.5 Å². The van der Waals surface area contributed by atoms with Crippen molar-refractivity contribution in [3.63, 3.8) is 0 Å². The van der Waals surface area contributed by atoms with Crippen LogP contribution in [0.5, 0.6) is 11.5 Å². The van der Waals surface area contributed by atoms with E-state index in [1.54, 1.807) is 0 Å². The van der Waals surface area contributed by atoms with Crippen LogP contribution in [-0.4, -0.2) is 41.3 Å². The molecule has 0 unspecified atom stereocenters. The van der Waals surface area contributed by atoms with Crippen LogP contribution in [0, 0.1) is 5.82 Å². The second-order valence-electron chi connectivity index (χ2n) is 5.55. The molecule has 0 amide bonds. The van der Waals surface area contributed by atoms with Crippen molar-refractivity contribution in [3.05, 3.63) is 17.9 Å². The topological polar surface area (TPSA) is 76.7 Å². The lowest BCUT2D eigenvalue weighted by Crippen LogP contribution is -2.52. The van der Waals surface area contributed by atoms with Crippen molar-refractivity contribution in [2.24, 2.45) is 0 Å². The zero-order valence-electron chi connectivity index (χ0n) is 12.9. The van der Waals surface area contributed by atoms with Gasteiger partial charge in [0.05, 0.1) is 14.2 Å². The summed E-state index contributed by atoms with van der Waals surface area (Å²) in [5, 5.41) is 3.16. The Balaban J connectivity index is 2.36. The van der Waals surface area contributed by atoms with Gasteiger partial charge in [0.1, 0.15) is 10.7 Å². The number of methoxy groups -OCH3 is 2. The highest BCUT2D eigenvalue weighted by atomic mass is 32.2. The molecule has 1 saturated heterocycles. The molecule has 1 aromatic rings. The number of hydrogen-bond acceptors (Lipinski definition) is 5. The van der Waals surface area contributed by atoms with Crippen LogP contribution in [0.1, 0.15) is 19.8 Å². The van der Waals surface area contributed by atoms with Crippen LogP contribution in [-0.2, 0) is 10.0 Å². The highest BCUT2D eigenvalue weighted by molar-refractivity contribution is 7.89. The summed E-state index contributed by atoms with van der Waals surface area (Å²) in [7, 11) is -1.27. The smallest absolute Gasteiger partial charge is 0.244 e. The Morgan fingerprint density at radius 2 is 1.73 bits per heavy atom. The van der Waals surface area contributed by atoms with Gasteiger partial charge in [-0.2, -0.15) is 0 Å². The fourth-order valence-electron chi connectivity index (χ4n) is 2.50. The van der Waals surface area contributed by atoms with Gasteiger partial charge in [-0.15, -0.1) is 0 Å². The Kier molecular flexibility index (Phi) is 4.93. The van der Waals surface area contributed by atoms with Gasteiger partial charge in [-0.1, -0.05) is 0 Å². The van der Waals surface area contributed by atoms with Gasteiger partial charge in [0.15, 0.2) is 11.5 Å². The van der Waals surface area contributed by atoms with E-state index >= 15 is 0 Å². The maximum Gasteiger partial charge on any atom is 0.244 e. The van der Waals surface area contributed by atoms with Crippen LogP contribution in [0.3, 0.4) is 0 Å². The molecule has 1 heterocycles. The quantitative estimate of drug-likeness (QED) is 0.849. The predicted molar refractivity (Wildman–Crippen MR) is 80.3 cm³/mol. The number of sulfonamides is 1. The summed E-state index contributed by atoms with van der Waals surface area (Å²) in [4.78, 5) is -0.440. The highest BCUT2D eigenvalue weighted by Gasteiger charge is 2.33. The summed E-state index contributed by atoms with van der Waals surface area (Å²) in [6.45, 7) is 3.25. The van der Waals surface area contributed by atoms with E-state index in [0.29, 0.717) is 25.9 Å². The fourth-order valence-corrected chi connectivity index (χ4v) is 4.04. The predicted octanol–water partition coefficient (Wildman–Crippen LogP) is 1.26. The zero-order valence-corrected chi connectivity index (χ0v) is 13.7. The monoisotopic (exact) mass is 332 g/mol. The van der Waals surface area contributed by atoms with Crippen molar-refractivity contribution < 1.29 is 22.3 Å². The van der Waals surface area contributed by atoms with Gasteiger partial charge in [0.25, 0.3) is 0 Å². The second-order valence-corrected chi connectivity index (χ2v) is 7.20. The molecule has 0 aliphatic carbocycles. The summed E-state index contributed by atoms with van der Waals surface area (Å²) in [5.74, 6) is -0.561. The summed E-state index contributed by atoms with van der Waals surface area (Å²) >= 11 is 0. The van der Waals surface area contributed by atoms with E-state index in [9.17, 15) is 12.8 Å². The highest BCUT2D eigenvalue weighted by Crippen LogP contribution is 2.32. The molecule has 0 atom stereocenters. The van der Waals surface area contributed by atoms with E-state index in [1.165, 1.54) is 14.2 Å². The van der Waals surface area contributed by atoms with Gasteiger partial charge in [-0.3, -0.25) is 0 Å². The van der Waals surface area contributed by atoms with Gasteiger partial charge < -0.3 is 14.8 Å². The average molecular weight is 332 g/mol. The van der Waals surface area contributed by atoms with Crippen LogP contribution in [0.25, 0.3) is 0 Å². The van der Waals surface area contributed by atoms with Crippen LogP contribution in [0.15, 0.2) is 17.0 Å². The molecule has 2 rings (SSSR count). The minimum atomic E-state index is -3.99. The maximum atomic E-state index is 14.2. The first kappa shape index (κ1) is 17.0. The molecular weight excluding hydrogens is 311 g/mol.